The molecule has 0 spiro atoms. The minimum Gasteiger partial charge on any atom is -0.464 e. The molecule has 1 amide bonds. The van der Waals surface area contributed by atoms with E-state index in [2.05, 4.69) is 4.98 Å². The van der Waals surface area contributed by atoms with Crippen LogP contribution in [0.5, 0.6) is 0 Å². The fourth-order valence-corrected chi connectivity index (χ4v) is 3.48. The molecule has 0 aliphatic carbocycles. The second kappa shape index (κ2) is 6.50. The molecule has 1 atom stereocenters. The fourth-order valence-electron chi connectivity index (χ4n) is 2.76. The molecule has 5 nitrogen and oxygen atoms in total. The van der Waals surface area contributed by atoms with Crippen molar-refractivity contribution in [3.05, 3.63) is 51.5 Å². The van der Waals surface area contributed by atoms with Crippen LogP contribution in [0.4, 0.5) is 0 Å². The Labute approximate surface area is 138 Å². The van der Waals surface area contributed by atoms with Crippen molar-refractivity contribution in [3.63, 3.8) is 0 Å². The average molecular weight is 330 g/mol. The van der Waals surface area contributed by atoms with E-state index < -0.39 is 6.04 Å². The number of ether oxygens (including phenoxy) is 1. The van der Waals surface area contributed by atoms with Crippen molar-refractivity contribution in [1.29, 1.82) is 0 Å². The van der Waals surface area contributed by atoms with Crippen molar-refractivity contribution in [2.45, 2.75) is 32.9 Å². The van der Waals surface area contributed by atoms with Crippen LogP contribution in [0.25, 0.3) is 0 Å². The van der Waals surface area contributed by atoms with Gasteiger partial charge in [-0.3, -0.25) is 4.79 Å². The number of carbonyl (C=O) groups excluding carboxylic acids is 2. The number of rotatable bonds is 3. The molecule has 0 bridgehead atoms. The monoisotopic (exact) mass is 330 g/mol. The lowest BCUT2D eigenvalue weighted by molar-refractivity contribution is -0.149. The van der Waals surface area contributed by atoms with Gasteiger partial charge in [-0.2, -0.15) is 0 Å². The summed E-state index contributed by atoms with van der Waals surface area (Å²) in [6.07, 6.45) is 2.15. The minimum absolute atomic E-state index is 0.212. The molecule has 2 heterocycles. The topological polar surface area (TPSA) is 59.5 Å². The lowest BCUT2D eigenvalue weighted by atomic mass is 9.94. The first kappa shape index (κ1) is 15.7. The molecule has 6 heteroatoms. The maximum atomic E-state index is 12.8. The molecule has 1 aromatic carbocycles. The molecule has 1 unspecified atom stereocenters. The Hall–Kier alpha value is -2.21. The standard InChI is InChI=1S/C17H18N2O3S/c1-3-22-17(21)14-8-12-6-4-5-7-13(12)10-19(14)16(20)15-18-9-11(2)23-15/h4-7,9,14H,3,8,10H2,1-2H3. The Morgan fingerprint density at radius 3 is 2.74 bits per heavy atom. The average Bonchev–Trinajstić information content (AvgIpc) is 2.99. The predicted octanol–water partition coefficient (Wildman–Crippen LogP) is 2.58. The van der Waals surface area contributed by atoms with Crippen LogP contribution in [-0.4, -0.2) is 34.4 Å². The Bertz CT molecular complexity index is 741. The van der Waals surface area contributed by atoms with Crippen LogP contribution < -0.4 is 0 Å². The van der Waals surface area contributed by atoms with Crippen LogP contribution in [0.3, 0.4) is 0 Å². The summed E-state index contributed by atoms with van der Waals surface area (Å²) < 4.78 is 5.17. The van der Waals surface area contributed by atoms with Gasteiger partial charge in [0.2, 0.25) is 0 Å². The number of benzene rings is 1. The summed E-state index contributed by atoms with van der Waals surface area (Å²) in [5.41, 5.74) is 2.15. The second-order valence-electron chi connectivity index (χ2n) is 5.45. The Kier molecular flexibility index (Phi) is 4.43. The van der Waals surface area contributed by atoms with Crippen molar-refractivity contribution >= 4 is 23.2 Å². The summed E-state index contributed by atoms with van der Waals surface area (Å²) in [4.78, 5) is 31.8. The molecule has 0 radical (unpaired) electrons. The molecule has 23 heavy (non-hydrogen) atoms. The third-order valence-electron chi connectivity index (χ3n) is 3.87. The van der Waals surface area contributed by atoms with Crippen LogP contribution in [0, 0.1) is 6.92 Å². The van der Waals surface area contributed by atoms with Gasteiger partial charge in [-0.15, -0.1) is 11.3 Å². The normalized spacial score (nSPS) is 16.8. The molecule has 1 aliphatic heterocycles. The first-order chi connectivity index (χ1) is 11.1. The van der Waals surface area contributed by atoms with E-state index in [0.29, 0.717) is 24.6 Å². The van der Waals surface area contributed by atoms with Gasteiger partial charge in [-0.05, 0) is 25.0 Å². The predicted molar refractivity (Wildman–Crippen MR) is 87.3 cm³/mol. The van der Waals surface area contributed by atoms with E-state index in [-0.39, 0.29) is 11.9 Å². The highest BCUT2D eigenvalue weighted by atomic mass is 32.1. The molecule has 3 rings (SSSR count). The number of fused-ring (bicyclic) bond motifs is 1. The summed E-state index contributed by atoms with van der Waals surface area (Å²) in [6.45, 7) is 4.38. The highest BCUT2D eigenvalue weighted by molar-refractivity contribution is 7.13. The Morgan fingerprint density at radius 1 is 1.35 bits per heavy atom. The molecule has 0 N–H and O–H groups in total. The molecule has 0 saturated heterocycles. The summed E-state index contributed by atoms with van der Waals surface area (Å²) in [5, 5.41) is 0.413. The third-order valence-corrected chi connectivity index (χ3v) is 4.77. The SMILES string of the molecule is CCOC(=O)C1Cc2ccccc2CN1C(=O)c1ncc(C)s1. The highest BCUT2D eigenvalue weighted by Crippen LogP contribution is 2.26. The second-order valence-corrected chi connectivity index (χ2v) is 6.68. The van der Waals surface area contributed by atoms with E-state index >= 15 is 0 Å². The number of nitrogens with zero attached hydrogens (tertiary/aromatic N) is 2. The maximum Gasteiger partial charge on any atom is 0.329 e. The molecule has 2 aromatic rings. The maximum absolute atomic E-state index is 12.8. The van der Waals surface area contributed by atoms with E-state index in [0.717, 1.165) is 16.0 Å². The molecule has 1 aromatic heterocycles. The summed E-state index contributed by atoms with van der Waals surface area (Å²) in [5.74, 6) is -0.570. The molecule has 0 saturated carbocycles. The lowest BCUT2D eigenvalue weighted by Gasteiger charge is -2.34. The van der Waals surface area contributed by atoms with Crippen LogP contribution in [0.1, 0.15) is 32.7 Å². The summed E-state index contributed by atoms with van der Waals surface area (Å²) in [6, 6.07) is 7.28. The Balaban J connectivity index is 1.94. The van der Waals surface area contributed by atoms with Gasteiger partial charge in [0.25, 0.3) is 5.91 Å². The summed E-state index contributed by atoms with van der Waals surface area (Å²) in [7, 11) is 0. The lowest BCUT2D eigenvalue weighted by Crippen LogP contribution is -2.49. The van der Waals surface area contributed by atoms with Gasteiger partial charge in [0.05, 0.1) is 6.61 Å². The summed E-state index contributed by atoms with van der Waals surface area (Å²) >= 11 is 1.34. The Morgan fingerprint density at radius 2 is 2.09 bits per heavy atom. The number of thiazole rings is 1. The van der Waals surface area contributed by atoms with Crippen LogP contribution in [0.15, 0.2) is 30.5 Å². The van der Waals surface area contributed by atoms with E-state index in [1.165, 1.54) is 11.3 Å². The van der Waals surface area contributed by atoms with Gasteiger partial charge in [0.15, 0.2) is 5.01 Å². The molecule has 120 valence electrons. The fraction of sp³-hybridized carbons (Fsp3) is 0.353. The number of esters is 1. The largest absolute Gasteiger partial charge is 0.464 e. The van der Waals surface area contributed by atoms with E-state index in [9.17, 15) is 9.59 Å². The van der Waals surface area contributed by atoms with Gasteiger partial charge in [-0.25, -0.2) is 9.78 Å². The van der Waals surface area contributed by atoms with Gasteiger partial charge >= 0.3 is 5.97 Å². The number of hydrogen-bond acceptors (Lipinski definition) is 5. The van der Waals surface area contributed by atoms with E-state index in [4.69, 9.17) is 4.74 Å². The quantitative estimate of drug-likeness (QED) is 0.812. The van der Waals surface area contributed by atoms with Gasteiger partial charge in [0.1, 0.15) is 6.04 Å². The first-order valence-corrected chi connectivity index (χ1v) is 8.38. The molecule has 0 fully saturated rings. The molecular weight excluding hydrogens is 312 g/mol. The third kappa shape index (κ3) is 3.12. The smallest absolute Gasteiger partial charge is 0.329 e. The van der Waals surface area contributed by atoms with Crippen LogP contribution >= 0.6 is 11.3 Å². The first-order valence-electron chi connectivity index (χ1n) is 7.57. The zero-order chi connectivity index (χ0) is 16.4. The van der Waals surface area contributed by atoms with Crippen molar-refractivity contribution < 1.29 is 14.3 Å². The zero-order valence-corrected chi connectivity index (χ0v) is 13.9. The van der Waals surface area contributed by atoms with Crippen molar-refractivity contribution in [1.82, 2.24) is 9.88 Å². The molecule has 1 aliphatic rings. The van der Waals surface area contributed by atoms with Crippen LogP contribution in [-0.2, 0) is 22.5 Å². The van der Waals surface area contributed by atoms with E-state index in [1.54, 1.807) is 18.0 Å². The highest BCUT2D eigenvalue weighted by Gasteiger charge is 2.36. The number of aromatic nitrogens is 1. The number of aryl methyl sites for hydroxylation is 1. The van der Waals surface area contributed by atoms with Crippen molar-refractivity contribution in [2.75, 3.05) is 6.61 Å². The van der Waals surface area contributed by atoms with Crippen molar-refractivity contribution in [2.24, 2.45) is 0 Å². The van der Waals surface area contributed by atoms with Gasteiger partial charge < -0.3 is 9.64 Å². The zero-order valence-electron chi connectivity index (χ0n) is 13.1. The van der Waals surface area contributed by atoms with E-state index in [1.807, 2.05) is 31.2 Å². The van der Waals surface area contributed by atoms with Crippen LogP contribution in [0.2, 0.25) is 0 Å². The number of hydrogen-bond donors (Lipinski definition) is 0. The number of carbonyl (C=O) groups is 2. The van der Waals surface area contributed by atoms with Gasteiger partial charge in [-0.1, -0.05) is 24.3 Å². The van der Waals surface area contributed by atoms with Crippen molar-refractivity contribution in [3.8, 4) is 0 Å². The minimum atomic E-state index is -0.596. The number of amides is 1. The van der Waals surface area contributed by atoms with Gasteiger partial charge in [0, 0.05) is 24.0 Å². The molecular formula is C17H18N2O3S.